The molecule has 0 spiro atoms. The van der Waals surface area contributed by atoms with Crippen LogP contribution in [0.5, 0.6) is 0 Å². The lowest BCUT2D eigenvalue weighted by Gasteiger charge is -2.05. The Morgan fingerprint density at radius 1 is 0.472 bits per heavy atom. The minimum absolute atomic E-state index is 0.00468. The van der Waals surface area contributed by atoms with E-state index < -0.39 is 0 Å². The van der Waals surface area contributed by atoms with E-state index in [1.165, 1.54) is 109 Å². The molecule has 0 bridgehead atoms. The molecule has 0 aromatic carbocycles. The molecule has 0 aliphatic carbocycles. The van der Waals surface area contributed by atoms with Crippen LogP contribution in [0.3, 0.4) is 0 Å². The summed E-state index contributed by atoms with van der Waals surface area (Å²) in [6.07, 6.45) is 44.3. The zero-order chi connectivity index (χ0) is 26.2. The summed E-state index contributed by atoms with van der Waals surface area (Å²) in [6, 6.07) is 0. The van der Waals surface area contributed by atoms with Gasteiger partial charge in [0.25, 0.3) is 0 Å². The summed E-state index contributed by atoms with van der Waals surface area (Å²) in [4.78, 5) is 11.9. The number of hydrogen-bond donors (Lipinski definition) is 0. The topological polar surface area (TPSA) is 26.3 Å². The third-order valence-electron chi connectivity index (χ3n) is 6.50. The molecule has 0 aliphatic heterocycles. The Labute approximate surface area is 225 Å². The van der Waals surface area contributed by atoms with Crippen LogP contribution in [0.1, 0.15) is 155 Å². The Hall–Kier alpha value is -1.57. The van der Waals surface area contributed by atoms with E-state index in [1.807, 2.05) is 0 Å². The Morgan fingerprint density at radius 2 is 0.917 bits per heavy atom. The molecule has 0 unspecified atom stereocenters. The fourth-order valence-electron chi connectivity index (χ4n) is 4.12. The molecule has 0 amide bonds. The fourth-order valence-corrected chi connectivity index (χ4v) is 4.12. The molecule has 0 atom stereocenters. The smallest absolute Gasteiger partial charge is 0.305 e. The first kappa shape index (κ1) is 34.4. The van der Waals surface area contributed by atoms with Gasteiger partial charge in [-0.3, -0.25) is 4.79 Å². The number of unbranched alkanes of at least 4 members (excludes halogenated alkanes) is 17. The lowest BCUT2D eigenvalue weighted by molar-refractivity contribution is -0.143. The number of carbonyl (C=O) groups excluding carboxylic acids is 1. The molecule has 0 radical (unpaired) electrons. The lowest BCUT2D eigenvalue weighted by atomic mass is 10.1. The van der Waals surface area contributed by atoms with Crippen molar-refractivity contribution in [1.82, 2.24) is 0 Å². The first-order valence-electron chi connectivity index (χ1n) is 15.6. The molecular weight excluding hydrogens is 440 g/mol. The average molecular weight is 501 g/mol. The number of rotatable bonds is 27. The van der Waals surface area contributed by atoms with Gasteiger partial charge in [-0.05, 0) is 57.8 Å². The fraction of sp³-hybridized carbons (Fsp3) is 0.735. The average Bonchev–Trinajstić information content (AvgIpc) is 2.88. The van der Waals surface area contributed by atoms with Gasteiger partial charge in [0, 0.05) is 6.42 Å². The van der Waals surface area contributed by atoms with Crippen molar-refractivity contribution >= 4 is 5.97 Å². The van der Waals surface area contributed by atoms with Crippen molar-refractivity contribution in [2.24, 2.45) is 0 Å². The molecule has 0 fully saturated rings. The second kappa shape index (κ2) is 31.5. The molecule has 2 nitrogen and oxygen atoms in total. The summed E-state index contributed by atoms with van der Waals surface area (Å²) in [6.45, 7) is 5.09. The van der Waals surface area contributed by atoms with E-state index in [9.17, 15) is 4.79 Å². The molecule has 0 aromatic rings. The molecular formula is C34H60O2. The Morgan fingerprint density at radius 3 is 1.50 bits per heavy atom. The van der Waals surface area contributed by atoms with Gasteiger partial charge in [-0.25, -0.2) is 0 Å². The first-order valence-corrected chi connectivity index (χ1v) is 15.6. The van der Waals surface area contributed by atoms with Crippen LogP contribution in [0.2, 0.25) is 0 Å². The zero-order valence-corrected chi connectivity index (χ0v) is 24.2. The van der Waals surface area contributed by atoms with E-state index in [1.54, 1.807) is 0 Å². The van der Waals surface area contributed by atoms with Crippen LogP contribution in [0.25, 0.3) is 0 Å². The summed E-state index contributed by atoms with van der Waals surface area (Å²) < 4.78 is 5.40. The van der Waals surface area contributed by atoms with Gasteiger partial charge in [-0.15, -0.1) is 0 Å². The summed E-state index contributed by atoms with van der Waals surface area (Å²) >= 11 is 0. The van der Waals surface area contributed by atoms with Crippen LogP contribution in [0, 0.1) is 0 Å². The Balaban J connectivity index is 3.30. The quantitative estimate of drug-likeness (QED) is 0.0485. The van der Waals surface area contributed by atoms with E-state index >= 15 is 0 Å². The largest absolute Gasteiger partial charge is 0.466 e. The highest BCUT2D eigenvalue weighted by Gasteiger charge is 2.02. The summed E-state index contributed by atoms with van der Waals surface area (Å²) in [5.74, 6) is -0.00468. The van der Waals surface area contributed by atoms with Crippen molar-refractivity contribution in [3.63, 3.8) is 0 Å². The van der Waals surface area contributed by atoms with Gasteiger partial charge in [-0.2, -0.15) is 0 Å². The molecule has 2 heteroatoms. The Bertz CT molecular complexity index is 556. The molecule has 0 heterocycles. The predicted octanol–water partition coefficient (Wildman–Crippen LogP) is 11.4. The number of hydrogen-bond acceptors (Lipinski definition) is 2. The van der Waals surface area contributed by atoms with E-state index in [4.69, 9.17) is 4.74 Å². The molecule has 0 saturated carbocycles. The third-order valence-corrected chi connectivity index (χ3v) is 6.50. The van der Waals surface area contributed by atoms with Gasteiger partial charge in [0.1, 0.15) is 0 Å². The van der Waals surface area contributed by atoms with E-state index in [-0.39, 0.29) is 5.97 Å². The molecule has 208 valence electrons. The van der Waals surface area contributed by atoms with E-state index in [2.05, 4.69) is 62.5 Å². The minimum Gasteiger partial charge on any atom is -0.466 e. The van der Waals surface area contributed by atoms with Crippen LogP contribution < -0.4 is 0 Å². The highest BCUT2D eigenvalue weighted by molar-refractivity contribution is 5.69. The van der Waals surface area contributed by atoms with Gasteiger partial charge in [0.05, 0.1) is 6.61 Å². The SMILES string of the molecule is CCCCC=CC=CC=CCCCCCCCC(=O)OCCCCCCCC/C=C\CCCCCC. The predicted molar refractivity (Wildman–Crippen MR) is 160 cm³/mol. The van der Waals surface area contributed by atoms with Crippen LogP contribution in [0.4, 0.5) is 0 Å². The highest BCUT2D eigenvalue weighted by Crippen LogP contribution is 2.11. The number of carbonyl (C=O) groups is 1. The normalized spacial score (nSPS) is 12.2. The number of ether oxygens (including phenoxy) is 1. The van der Waals surface area contributed by atoms with Gasteiger partial charge in [0.2, 0.25) is 0 Å². The van der Waals surface area contributed by atoms with E-state index in [0.29, 0.717) is 13.0 Å². The van der Waals surface area contributed by atoms with Crippen LogP contribution in [0.15, 0.2) is 48.6 Å². The molecule has 36 heavy (non-hydrogen) atoms. The monoisotopic (exact) mass is 500 g/mol. The zero-order valence-electron chi connectivity index (χ0n) is 24.2. The molecule has 0 rings (SSSR count). The Kier molecular flexibility index (Phi) is 30.1. The molecule has 0 aliphatic rings. The molecule has 0 aromatic heterocycles. The van der Waals surface area contributed by atoms with Gasteiger partial charge < -0.3 is 4.74 Å². The van der Waals surface area contributed by atoms with E-state index in [0.717, 1.165) is 25.7 Å². The first-order chi connectivity index (χ1) is 17.8. The van der Waals surface area contributed by atoms with Crippen molar-refractivity contribution in [2.75, 3.05) is 6.61 Å². The minimum atomic E-state index is -0.00468. The lowest BCUT2D eigenvalue weighted by Crippen LogP contribution is -2.05. The summed E-state index contributed by atoms with van der Waals surface area (Å²) in [7, 11) is 0. The molecule has 0 N–H and O–H groups in total. The third kappa shape index (κ3) is 30.5. The van der Waals surface area contributed by atoms with Crippen molar-refractivity contribution in [3.05, 3.63) is 48.6 Å². The van der Waals surface area contributed by atoms with Gasteiger partial charge in [-0.1, -0.05) is 140 Å². The van der Waals surface area contributed by atoms with Crippen molar-refractivity contribution in [2.45, 2.75) is 155 Å². The maximum atomic E-state index is 11.9. The highest BCUT2D eigenvalue weighted by atomic mass is 16.5. The standard InChI is InChI=1S/C34H60O2/c1-3-5-7-9-11-13-15-17-19-20-22-24-26-28-30-32-34(35)36-33-31-29-27-25-23-21-18-16-14-12-10-8-6-4-2/h9,11,13-17,19H,3-8,10,12,18,20-33H2,1-2H3/b11-9?,15-13?,16-14-,19-17?. The second-order valence-corrected chi connectivity index (χ2v) is 10.1. The maximum Gasteiger partial charge on any atom is 0.305 e. The van der Waals surface area contributed by atoms with Crippen LogP contribution in [-0.2, 0) is 9.53 Å². The van der Waals surface area contributed by atoms with Crippen molar-refractivity contribution in [3.8, 4) is 0 Å². The van der Waals surface area contributed by atoms with Crippen molar-refractivity contribution < 1.29 is 9.53 Å². The number of esters is 1. The van der Waals surface area contributed by atoms with Crippen LogP contribution >= 0.6 is 0 Å². The summed E-state index contributed by atoms with van der Waals surface area (Å²) in [5.41, 5.74) is 0. The van der Waals surface area contributed by atoms with Crippen LogP contribution in [-0.4, -0.2) is 12.6 Å². The molecule has 0 saturated heterocycles. The van der Waals surface area contributed by atoms with Gasteiger partial charge >= 0.3 is 5.97 Å². The second-order valence-electron chi connectivity index (χ2n) is 10.1. The number of allylic oxidation sites excluding steroid dienone is 8. The maximum absolute atomic E-state index is 11.9. The van der Waals surface area contributed by atoms with Gasteiger partial charge in [0.15, 0.2) is 0 Å². The summed E-state index contributed by atoms with van der Waals surface area (Å²) in [5, 5.41) is 0. The van der Waals surface area contributed by atoms with Crippen molar-refractivity contribution in [1.29, 1.82) is 0 Å².